The van der Waals surface area contributed by atoms with Crippen molar-refractivity contribution in [3.63, 3.8) is 0 Å². The first kappa shape index (κ1) is 19.7. The Bertz CT molecular complexity index is 1070. The molecular formula is C22H22FN3O2S. The predicted molar refractivity (Wildman–Crippen MR) is 110 cm³/mol. The average Bonchev–Trinajstić information content (AvgIpc) is 2.75. The molecule has 1 aromatic heterocycles. The summed E-state index contributed by atoms with van der Waals surface area (Å²) in [5, 5.41) is 0. The number of hydrogen-bond acceptors (Lipinski definition) is 4. The van der Waals surface area contributed by atoms with Crippen molar-refractivity contribution < 1.29 is 12.8 Å². The van der Waals surface area contributed by atoms with E-state index in [0.29, 0.717) is 18.8 Å². The summed E-state index contributed by atoms with van der Waals surface area (Å²) in [7, 11) is -3.42. The van der Waals surface area contributed by atoms with Crippen LogP contribution in [0.2, 0.25) is 0 Å². The zero-order chi connectivity index (χ0) is 20.3. The van der Waals surface area contributed by atoms with Gasteiger partial charge in [-0.25, -0.2) is 17.1 Å². The van der Waals surface area contributed by atoms with Crippen LogP contribution in [0.25, 0.3) is 11.3 Å². The van der Waals surface area contributed by atoms with Crippen molar-refractivity contribution >= 4 is 10.0 Å². The number of sulfonamides is 1. The Kier molecular flexibility index (Phi) is 5.69. The molecule has 4 rings (SSSR count). The second-order valence-electron chi connectivity index (χ2n) is 7.24. The van der Waals surface area contributed by atoms with Gasteiger partial charge in [-0.05, 0) is 42.7 Å². The molecule has 1 saturated heterocycles. The van der Waals surface area contributed by atoms with E-state index in [-0.39, 0.29) is 17.5 Å². The highest BCUT2D eigenvalue weighted by atomic mass is 32.2. The van der Waals surface area contributed by atoms with Crippen LogP contribution in [-0.4, -0.2) is 35.8 Å². The molecule has 0 spiro atoms. The highest BCUT2D eigenvalue weighted by Gasteiger charge is 2.31. The Labute approximate surface area is 170 Å². The lowest BCUT2D eigenvalue weighted by Gasteiger charge is -2.32. The SMILES string of the molecule is O=S(=O)(Cc1ccccc1)N1CCC[C@H](c2nccnc2-c2ccc(F)cc2)C1. The lowest BCUT2D eigenvalue weighted by molar-refractivity contribution is 0.312. The molecule has 2 heterocycles. The highest BCUT2D eigenvalue weighted by Crippen LogP contribution is 2.33. The van der Waals surface area contributed by atoms with Gasteiger partial charge in [0.2, 0.25) is 10.0 Å². The van der Waals surface area contributed by atoms with Crippen LogP contribution < -0.4 is 0 Å². The van der Waals surface area contributed by atoms with Gasteiger partial charge in [-0.3, -0.25) is 9.97 Å². The maximum Gasteiger partial charge on any atom is 0.218 e. The average molecular weight is 412 g/mol. The zero-order valence-corrected chi connectivity index (χ0v) is 16.7. The summed E-state index contributed by atoms with van der Waals surface area (Å²) in [5.41, 5.74) is 3.00. The van der Waals surface area contributed by atoms with Crippen molar-refractivity contribution in [2.75, 3.05) is 13.1 Å². The van der Waals surface area contributed by atoms with Crippen LogP contribution in [0, 0.1) is 5.82 Å². The highest BCUT2D eigenvalue weighted by molar-refractivity contribution is 7.88. The maximum absolute atomic E-state index is 13.3. The molecular weight excluding hydrogens is 389 g/mol. The number of benzene rings is 2. The molecule has 1 atom stereocenters. The molecule has 7 heteroatoms. The van der Waals surface area contributed by atoms with Crippen LogP contribution >= 0.6 is 0 Å². The number of aromatic nitrogens is 2. The summed E-state index contributed by atoms with van der Waals surface area (Å²) >= 11 is 0. The number of piperidine rings is 1. The summed E-state index contributed by atoms with van der Waals surface area (Å²) in [6.07, 6.45) is 4.83. The van der Waals surface area contributed by atoms with Gasteiger partial charge in [0.15, 0.2) is 0 Å². The van der Waals surface area contributed by atoms with E-state index in [1.54, 1.807) is 28.8 Å². The van der Waals surface area contributed by atoms with E-state index in [9.17, 15) is 12.8 Å². The lowest BCUT2D eigenvalue weighted by atomic mass is 9.92. The molecule has 1 fully saturated rings. The molecule has 0 saturated carbocycles. The van der Waals surface area contributed by atoms with Crippen molar-refractivity contribution in [3.8, 4) is 11.3 Å². The zero-order valence-electron chi connectivity index (χ0n) is 15.9. The van der Waals surface area contributed by atoms with E-state index in [1.807, 2.05) is 30.3 Å². The van der Waals surface area contributed by atoms with Gasteiger partial charge in [-0.2, -0.15) is 0 Å². The van der Waals surface area contributed by atoms with Gasteiger partial charge in [0, 0.05) is 37.0 Å². The van der Waals surface area contributed by atoms with Gasteiger partial charge < -0.3 is 0 Å². The van der Waals surface area contributed by atoms with E-state index < -0.39 is 10.0 Å². The van der Waals surface area contributed by atoms with Crippen LogP contribution in [0.15, 0.2) is 67.0 Å². The fraction of sp³-hybridized carbons (Fsp3) is 0.273. The van der Waals surface area contributed by atoms with Crippen LogP contribution in [-0.2, 0) is 15.8 Å². The van der Waals surface area contributed by atoms with Gasteiger partial charge in [0.25, 0.3) is 0 Å². The van der Waals surface area contributed by atoms with Crippen molar-refractivity contribution in [2.45, 2.75) is 24.5 Å². The summed E-state index contributed by atoms with van der Waals surface area (Å²) in [6, 6.07) is 15.4. The first-order valence-electron chi connectivity index (χ1n) is 9.61. The molecule has 0 amide bonds. The minimum Gasteiger partial charge on any atom is -0.257 e. The Hall–Kier alpha value is -2.64. The van der Waals surface area contributed by atoms with E-state index in [4.69, 9.17) is 0 Å². The smallest absolute Gasteiger partial charge is 0.218 e. The number of halogens is 1. The Morgan fingerprint density at radius 2 is 1.72 bits per heavy atom. The van der Waals surface area contributed by atoms with Crippen molar-refractivity contribution in [3.05, 3.63) is 84.1 Å². The van der Waals surface area contributed by atoms with Gasteiger partial charge >= 0.3 is 0 Å². The molecule has 0 radical (unpaired) electrons. The quantitative estimate of drug-likeness (QED) is 0.637. The minimum atomic E-state index is -3.42. The van der Waals surface area contributed by atoms with Gasteiger partial charge in [0.05, 0.1) is 17.1 Å². The molecule has 1 aliphatic rings. The van der Waals surface area contributed by atoms with Crippen molar-refractivity contribution in [2.24, 2.45) is 0 Å². The first-order chi connectivity index (χ1) is 14.0. The second-order valence-corrected chi connectivity index (χ2v) is 9.20. The molecule has 0 unspecified atom stereocenters. The molecule has 150 valence electrons. The first-order valence-corrected chi connectivity index (χ1v) is 11.2. The van der Waals surface area contributed by atoms with Gasteiger partial charge in [-0.15, -0.1) is 0 Å². The summed E-state index contributed by atoms with van der Waals surface area (Å²) < 4.78 is 40.8. The Morgan fingerprint density at radius 1 is 1.00 bits per heavy atom. The Balaban J connectivity index is 1.58. The molecule has 5 nitrogen and oxygen atoms in total. The molecule has 1 aliphatic heterocycles. The van der Waals surface area contributed by atoms with Gasteiger partial charge in [0.1, 0.15) is 5.82 Å². The largest absolute Gasteiger partial charge is 0.257 e. The summed E-state index contributed by atoms with van der Waals surface area (Å²) in [5.74, 6) is -0.371. The molecule has 0 N–H and O–H groups in total. The predicted octanol–water partition coefficient (Wildman–Crippen LogP) is 3.99. The van der Waals surface area contributed by atoms with E-state index in [0.717, 1.165) is 29.7 Å². The molecule has 3 aromatic rings. The molecule has 0 aliphatic carbocycles. The van der Waals surface area contributed by atoms with Crippen LogP contribution in [0.5, 0.6) is 0 Å². The number of rotatable bonds is 5. The third-order valence-electron chi connectivity index (χ3n) is 5.20. The van der Waals surface area contributed by atoms with Crippen LogP contribution in [0.4, 0.5) is 4.39 Å². The fourth-order valence-corrected chi connectivity index (χ4v) is 5.38. The van der Waals surface area contributed by atoms with E-state index in [1.165, 1.54) is 12.1 Å². The third-order valence-corrected chi connectivity index (χ3v) is 7.02. The fourth-order valence-electron chi connectivity index (χ4n) is 3.77. The Morgan fingerprint density at radius 3 is 2.48 bits per heavy atom. The van der Waals surface area contributed by atoms with Gasteiger partial charge in [-0.1, -0.05) is 30.3 Å². The minimum absolute atomic E-state index is 0.00809. The lowest BCUT2D eigenvalue weighted by Crippen LogP contribution is -2.40. The monoisotopic (exact) mass is 411 g/mol. The summed E-state index contributed by atoms with van der Waals surface area (Å²) in [6.45, 7) is 0.889. The second kappa shape index (κ2) is 8.39. The van der Waals surface area contributed by atoms with E-state index >= 15 is 0 Å². The number of nitrogens with zero attached hydrogens (tertiary/aromatic N) is 3. The van der Waals surface area contributed by atoms with Crippen molar-refractivity contribution in [1.29, 1.82) is 0 Å². The maximum atomic E-state index is 13.3. The van der Waals surface area contributed by atoms with Crippen molar-refractivity contribution in [1.82, 2.24) is 14.3 Å². The summed E-state index contributed by atoms with van der Waals surface area (Å²) in [4.78, 5) is 8.98. The molecule has 0 bridgehead atoms. The number of hydrogen-bond donors (Lipinski definition) is 0. The normalized spacial score (nSPS) is 17.9. The van der Waals surface area contributed by atoms with Crippen LogP contribution in [0.3, 0.4) is 0 Å². The van der Waals surface area contributed by atoms with E-state index in [2.05, 4.69) is 9.97 Å². The standard InChI is InChI=1S/C22H22FN3O2S/c23-20-10-8-18(9-11-20)21-22(25-13-12-24-21)19-7-4-14-26(15-19)29(27,28)16-17-5-2-1-3-6-17/h1-3,5-6,8-13,19H,4,7,14-16H2/t19-/m0/s1. The topological polar surface area (TPSA) is 63.2 Å². The third kappa shape index (κ3) is 4.52. The van der Waals surface area contributed by atoms with Crippen LogP contribution in [0.1, 0.15) is 30.0 Å². The molecule has 2 aromatic carbocycles. The molecule has 29 heavy (non-hydrogen) atoms.